The Hall–Kier alpha value is -4.32. The van der Waals surface area contributed by atoms with E-state index in [1.165, 1.54) is 24.3 Å². The van der Waals surface area contributed by atoms with Crippen molar-refractivity contribution in [2.45, 2.75) is 0 Å². The van der Waals surface area contributed by atoms with Crippen LogP contribution in [-0.2, 0) is 0 Å². The van der Waals surface area contributed by atoms with Gasteiger partial charge in [0.15, 0.2) is 5.78 Å². The van der Waals surface area contributed by atoms with Gasteiger partial charge in [-0.25, -0.2) is 9.69 Å². The number of anilines is 1. The number of ketones is 1. The fourth-order valence-electron chi connectivity index (χ4n) is 3.25. The normalized spacial score (nSPS) is 13.0. The Morgan fingerprint density at radius 2 is 1.50 bits per heavy atom. The lowest BCUT2D eigenvalue weighted by molar-refractivity contribution is 0.0696. The van der Waals surface area contributed by atoms with Crippen LogP contribution in [0.4, 0.5) is 5.69 Å². The molecule has 0 aromatic heterocycles. The first-order valence-electron chi connectivity index (χ1n) is 9.09. The quantitative estimate of drug-likeness (QED) is 0.398. The predicted octanol–water partition coefficient (Wildman–Crippen LogP) is 4.08. The first kappa shape index (κ1) is 19.0. The second kappa shape index (κ2) is 7.60. The van der Waals surface area contributed by atoms with Crippen molar-refractivity contribution in [3.05, 3.63) is 107 Å². The Kier molecular flexibility index (Phi) is 4.82. The lowest BCUT2D eigenvalue weighted by atomic mass is 10.1. The van der Waals surface area contributed by atoms with Gasteiger partial charge < -0.3 is 5.11 Å². The zero-order chi connectivity index (χ0) is 21.3. The molecule has 2 amide bonds. The number of hydrogen-bond donors (Lipinski definition) is 1. The number of allylic oxidation sites excluding steroid dienone is 1. The lowest BCUT2D eigenvalue weighted by Crippen LogP contribution is -2.29. The van der Waals surface area contributed by atoms with Crippen LogP contribution < -0.4 is 4.90 Å². The molecule has 0 aliphatic carbocycles. The SMILES string of the molecule is O=C(O)c1ccc2c(c1)C(=O)N(c1cccc(C=CC(=O)c3ccccc3)c1)C2=O. The van der Waals surface area contributed by atoms with Gasteiger partial charge in [0, 0.05) is 5.56 Å². The highest BCUT2D eigenvalue weighted by atomic mass is 16.4. The van der Waals surface area contributed by atoms with E-state index >= 15 is 0 Å². The summed E-state index contributed by atoms with van der Waals surface area (Å²) < 4.78 is 0. The molecule has 30 heavy (non-hydrogen) atoms. The summed E-state index contributed by atoms with van der Waals surface area (Å²) >= 11 is 0. The minimum Gasteiger partial charge on any atom is -0.478 e. The standard InChI is InChI=1S/C24H15NO5/c26-21(16-6-2-1-3-7-16)12-9-15-5-4-8-18(13-15)25-22(27)19-11-10-17(24(29)30)14-20(19)23(25)28/h1-14H,(H,29,30). The number of amides is 2. The topological polar surface area (TPSA) is 91.8 Å². The summed E-state index contributed by atoms with van der Waals surface area (Å²) in [7, 11) is 0. The number of carbonyl (C=O) groups excluding carboxylic acids is 3. The van der Waals surface area contributed by atoms with Gasteiger partial charge in [-0.2, -0.15) is 0 Å². The molecule has 1 aliphatic rings. The van der Waals surface area contributed by atoms with Gasteiger partial charge in [-0.15, -0.1) is 0 Å². The molecular weight excluding hydrogens is 382 g/mol. The van der Waals surface area contributed by atoms with Gasteiger partial charge in [0.05, 0.1) is 22.4 Å². The summed E-state index contributed by atoms with van der Waals surface area (Å²) in [5.41, 5.74) is 1.68. The van der Waals surface area contributed by atoms with E-state index in [9.17, 15) is 19.2 Å². The average Bonchev–Trinajstić information content (AvgIpc) is 3.02. The Labute approximate surface area is 171 Å². The van der Waals surface area contributed by atoms with E-state index in [1.54, 1.807) is 54.6 Å². The van der Waals surface area contributed by atoms with Crippen LogP contribution in [0.25, 0.3) is 6.08 Å². The van der Waals surface area contributed by atoms with Gasteiger partial charge >= 0.3 is 5.97 Å². The fraction of sp³-hybridized carbons (Fsp3) is 0. The van der Waals surface area contributed by atoms with Crippen LogP contribution in [0.5, 0.6) is 0 Å². The number of hydrogen-bond acceptors (Lipinski definition) is 4. The van der Waals surface area contributed by atoms with Crippen LogP contribution in [-0.4, -0.2) is 28.7 Å². The number of carboxylic acid groups (broad SMARTS) is 1. The summed E-state index contributed by atoms with van der Waals surface area (Å²) in [5, 5.41) is 9.13. The minimum atomic E-state index is -1.17. The molecule has 6 heteroatoms. The number of benzene rings is 3. The van der Waals surface area contributed by atoms with Gasteiger partial charge in [0.2, 0.25) is 0 Å². The van der Waals surface area contributed by atoms with Crippen molar-refractivity contribution in [2.24, 2.45) is 0 Å². The van der Waals surface area contributed by atoms with Gasteiger partial charge in [-0.05, 0) is 42.0 Å². The molecule has 0 atom stereocenters. The Morgan fingerprint density at radius 1 is 0.767 bits per heavy atom. The van der Waals surface area contributed by atoms with Gasteiger partial charge in [0.1, 0.15) is 0 Å². The molecule has 146 valence electrons. The monoisotopic (exact) mass is 397 g/mol. The molecule has 1 N–H and O–H groups in total. The zero-order valence-electron chi connectivity index (χ0n) is 15.6. The molecule has 0 saturated heterocycles. The summed E-state index contributed by atoms with van der Waals surface area (Å²) in [6.45, 7) is 0. The van der Waals surface area contributed by atoms with E-state index in [0.29, 0.717) is 16.8 Å². The fourth-order valence-corrected chi connectivity index (χ4v) is 3.25. The van der Waals surface area contributed by atoms with E-state index in [4.69, 9.17) is 5.11 Å². The second-order valence-electron chi connectivity index (χ2n) is 6.67. The summed E-state index contributed by atoms with van der Waals surface area (Å²) in [6.07, 6.45) is 3.04. The van der Waals surface area contributed by atoms with Crippen molar-refractivity contribution in [2.75, 3.05) is 4.90 Å². The second-order valence-corrected chi connectivity index (χ2v) is 6.67. The van der Waals surface area contributed by atoms with Crippen molar-refractivity contribution in [1.82, 2.24) is 0 Å². The van der Waals surface area contributed by atoms with E-state index < -0.39 is 17.8 Å². The van der Waals surface area contributed by atoms with Gasteiger partial charge in [-0.3, -0.25) is 14.4 Å². The molecule has 0 spiro atoms. The number of carboxylic acids is 1. The van der Waals surface area contributed by atoms with Crippen LogP contribution in [0, 0.1) is 0 Å². The van der Waals surface area contributed by atoms with Crippen molar-refractivity contribution in [3.63, 3.8) is 0 Å². The van der Waals surface area contributed by atoms with E-state index in [-0.39, 0.29) is 22.5 Å². The zero-order valence-corrected chi connectivity index (χ0v) is 15.6. The lowest BCUT2D eigenvalue weighted by Gasteiger charge is -2.14. The summed E-state index contributed by atoms with van der Waals surface area (Å²) in [5.74, 6) is -2.44. The third kappa shape index (κ3) is 3.42. The molecule has 6 nitrogen and oxygen atoms in total. The van der Waals surface area contributed by atoms with E-state index in [1.807, 2.05) is 6.07 Å². The molecule has 0 fully saturated rings. The molecule has 4 rings (SSSR count). The summed E-state index contributed by atoms with van der Waals surface area (Å²) in [4.78, 5) is 49.9. The summed E-state index contributed by atoms with van der Waals surface area (Å²) in [6, 6.07) is 19.3. The third-order valence-corrected chi connectivity index (χ3v) is 4.75. The van der Waals surface area contributed by atoms with Crippen LogP contribution >= 0.6 is 0 Å². The van der Waals surface area contributed by atoms with E-state index in [2.05, 4.69) is 0 Å². The molecule has 0 bridgehead atoms. The highest BCUT2D eigenvalue weighted by Crippen LogP contribution is 2.30. The first-order chi connectivity index (χ1) is 14.5. The highest BCUT2D eigenvalue weighted by molar-refractivity contribution is 6.34. The molecule has 0 saturated carbocycles. The number of carbonyl (C=O) groups is 4. The van der Waals surface area contributed by atoms with Crippen molar-refractivity contribution in [1.29, 1.82) is 0 Å². The Balaban J connectivity index is 1.62. The number of nitrogens with zero attached hydrogens (tertiary/aromatic N) is 1. The molecular formula is C24H15NO5. The van der Waals surface area contributed by atoms with E-state index in [0.717, 1.165) is 4.90 Å². The Bertz CT molecular complexity index is 1230. The molecule has 3 aromatic carbocycles. The van der Waals surface area contributed by atoms with Gasteiger partial charge in [-0.1, -0.05) is 48.5 Å². The van der Waals surface area contributed by atoms with Crippen LogP contribution in [0.1, 0.15) is 47.0 Å². The van der Waals surface area contributed by atoms with Crippen LogP contribution in [0.2, 0.25) is 0 Å². The maximum absolute atomic E-state index is 12.8. The smallest absolute Gasteiger partial charge is 0.335 e. The van der Waals surface area contributed by atoms with Crippen molar-refractivity contribution in [3.8, 4) is 0 Å². The Morgan fingerprint density at radius 3 is 2.23 bits per heavy atom. The molecule has 0 radical (unpaired) electrons. The average molecular weight is 397 g/mol. The van der Waals surface area contributed by atoms with Crippen molar-refractivity contribution < 1.29 is 24.3 Å². The van der Waals surface area contributed by atoms with Crippen LogP contribution in [0.3, 0.4) is 0 Å². The van der Waals surface area contributed by atoms with Gasteiger partial charge in [0.25, 0.3) is 11.8 Å². The molecule has 1 aliphatic heterocycles. The largest absolute Gasteiger partial charge is 0.478 e. The minimum absolute atomic E-state index is 0.0556. The maximum Gasteiger partial charge on any atom is 0.335 e. The number of rotatable bonds is 5. The number of aromatic carboxylic acids is 1. The number of fused-ring (bicyclic) bond motifs is 1. The molecule has 3 aromatic rings. The van der Waals surface area contributed by atoms with Crippen molar-refractivity contribution >= 4 is 35.3 Å². The molecule has 1 heterocycles. The van der Waals surface area contributed by atoms with Crippen LogP contribution in [0.15, 0.2) is 78.9 Å². The number of imide groups is 1. The maximum atomic E-state index is 12.8. The first-order valence-corrected chi connectivity index (χ1v) is 9.09. The predicted molar refractivity (Wildman–Crippen MR) is 111 cm³/mol. The molecule has 0 unspecified atom stereocenters. The highest BCUT2D eigenvalue weighted by Gasteiger charge is 2.37. The third-order valence-electron chi connectivity index (χ3n) is 4.75.